The second-order valence-electron chi connectivity index (χ2n) is 6.12. The van der Waals surface area contributed by atoms with E-state index in [4.69, 9.17) is 16.3 Å². The number of carbonyl (C=O) groups excluding carboxylic acids is 1. The van der Waals surface area contributed by atoms with Crippen LogP contribution >= 0.6 is 11.6 Å². The predicted octanol–water partition coefficient (Wildman–Crippen LogP) is 3.73. The monoisotopic (exact) mass is 380 g/mol. The third-order valence-electron chi connectivity index (χ3n) is 4.33. The van der Waals surface area contributed by atoms with Crippen molar-refractivity contribution >= 4 is 23.2 Å². The molecule has 1 saturated heterocycles. The molecule has 0 unspecified atom stereocenters. The second-order valence-corrected chi connectivity index (χ2v) is 6.53. The van der Waals surface area contributed by atoms with Crippen molar-refractivity contribution in [2.45, 2.75) is 13.0 Å². The summed E-state index contributed by atoms with van der Waals surface area (Å²) in [4.78, 5) is 16.4. The van der Waals surface area contributed by atoms with E-state index in [0.29, 0.717) is 26.2 Å². The van der Waals surface area contributed by atoms with E-state index in [0.717, 1.165) is 11.8 Å². The summed E-state index contributed by atoms with van der Waals surface area (Å²) in [5.41, 5.74) is 0.931. The van der Waals surface area contributed by atoms with Crippen LogP contribution in [0.5, 0.6) is 5.75 Å². The minimum absolute atomic E-state index is 0.130. The molecule has 26 heavy (non-hydrogen) atoms. The lowest BCUT2D eigenvalue weighted by Crippen LogP contribution is -2.52. The molecule has 4 nitrogen and oxygen atoms in total. The number of nitrogens with zero attached hydrogens (tertiary/aromatic N) is 2. The summed E-state index contributed by atoms with van der Waals surface area (Å²) in [6.07, 6.45) is -0.727. The van der Waals surface area contributed by atoms with Crippen LogP contribution in [-0.2, 0) is 4.79 Å². The summed E-state index contributed by atoms with van der Waals surface area (Å²) in [7, 11) is 0. The highest BCUT2D eigenvalue weighted by molar-refractivity contribution is 6.32. The zero-order valence-electron chi connectivity index (χ0n) is 14.3. The predicted molar refractivity (Wildman–Crippen MR) is 96.7 cm³/mol. The minimum atomic E-state index is -0.727. The van der Waals surface area contributed by atoms with Gasteiger partial charge >= 0.3 is 0 Å². The zero-order chi connectivity index (χ0) is 18.7. The zero-order valence-corrected chi connectivity index (χ0v) is 15.0. The molecule has 1 fully saturated rings. The molecular weight excluding hydrogens is 362 g/mol. The summed E-state index contributed by atoms with van der Waals surface area (Å²) >= 11 is 5.94. The molecule has 1 amide bonds. The fraction of sp³-hybridized carbons (Fsp3) is 0.316. The Hall–Kier alpha value is -2.34. The van der Waals surface area contributed by atoms with Crippen LogP contribution in [0, 0.1) is 11.6 Å². The first-order valence-electron chi connectivity index (χ1n) is 8.35. The molecule has 1 heterocycles. The van der Waals surface area contributed by atoms with E-state index >= 15 is 0 Å². The third-order valence-corrected chi connectivity index (χ3v) is 4.62. The number of benzene rings is 2. The largest absolute Gasteiger partial charge is 0.479 e. The van der Waals surface area contributed by atoms with Crippen molar-refractivity contribution < 1.29 is 18.3 Å². The summed E-state index contributed by atoms with van der Waals surface area (Å²) in [5, 5.41) is 0.130. The lowest BCUT2D eigenvalue weighted by Gasteiger charge is -2.37. The normalized spacial score (nSPS) is 15.7. The van der Waals surface area contributed by atoms with Crippen molar-refractivity contribution in [2.24, 2.45) is 0 Å². The molecule has 0 spiro atoms. The smallest absolute Gasteiger partial charge is 0.263 e. The summed E-state index contributed by atoms with van der Waals surface area (Å²) in [6.45, 7) is 4.04. The Morgan fingerprint density at radius 1 is 1.04 bits per heavy atom. The van der Waals surface area contributed by atoms with Crippen molar-refractivity contribution in [2.75, 3.05) is 31.1 Å². The van der Waals surface area contributed by atoms with Gasteiger partial charge in [0.1, 0.15) is 17.4 Å². The standard InChI is InChI=1S/C19H19ClF2N2O2/c1-13(26-18-7-4-15(22)12-17(18)20)19(25)24-10-8-23(9-11-24)16-5-2-14(21)3-6-16/h2-7,12-13H,8-11H2,1H3/t13-/m0/s1. The Balaban J connectivity index is 1.56. The maximum Gasteiger partial charge on any atom is 0.263 e. The third kappa shape index (κ3) is 4.25. The number of hydrogen-bond donors (Lipinski definition) is 0. The summed E-state index contributed by atoms with van der Waals surface area (Å²) < 4.78 is 31.7. The van der Waals surface area contributed by atoms with Gasteiger partial charge in [-0.15, -0.1) is 0 Å². The Morgan fingerprint density at radius 3 is 2.27 bits per heavy atom. The fourth-order valence-corrected chi connectivity index (χ4v) is 3.12. The molecule has 0 aliphatic carbocycles. The molecule has 7 heteroatoms. The molecule has 0 radical (unpaired) electrons. The number of hydrogen-bond acceptors (Lipinski definition) is 3. The van der Waals surface area contributed by atoms with Crippen LogP contribution in [0.3, 0.4) is 0 Å². The van der Waals surface area contributed by atoms with Gasteiger partial charge in [-0.25, -0.2) is 8.78 Å². The molecule has 0 bridgehead atoms. The Labute approximate surface area is 155 Å². The fourth-order valence-electron chi connectivity index (χ4n) is 2.91. The number of amides is 1. The first kappa shape index (κ1) is 18.5. The van der Waals surface area contributed by atoms with Gasteiger partial charge < -0.3 is 14.5 Å². The number of ether oxygens (including phenoxy) is 1. The highest BCUT2D eigenvalue weighted by Gasteiger charge is 2.26. The van der Waals surface area contributed by atoms with Gasteiger partial charge in [0.15, 0.2) is 6.10 Å². The van der Waals surface area contributed by atoms with E-state index in [9.17, 15) is 13.6 Å². The topological polar surface area (TPSA) is 32.8 Å². The van der Waals surface area contributed by atoms with Crippen LogP contribution in [0.25, 0.3) is 0 Å². The van der Waals surface area contributed by atoms with Crippen molar-refractivity contribution in [1.82, 2.24) is 4.90 Å². The van der Waals surface area contributed by atoms with Crippen molar-refractivity contribution in [3.63, 3.8) is 0 Å². The molecule has 3 rings (SSSR count). The van der Waals surface area contributed by atoms with E-state index in [2.05, 4.69) is 4.90 Å². The molecule has 1 aliphatic heterocycles. The van der Waals surface area contributed by atoms with Crippen molar-refractivity contribution in [3.05, 3.63) is 59.1 Å². The van der Waals surface area contributed by atoms with Gasteiger partial charge in [-0.05, 0) is 49.4 Å². The molecule has 2 aromatic rings. The quantitative estimate of drug-likeness (QED) is 0.810. The van der Waals surface area contributed by atoms with E-state index < -0.39 is 11.9 Å². The molecule has 0 aromatic heterocycles. The summed E-state index contributed by atoms with van der Waals surface area (Å²) in [5.74, 6) is -0.603. The lowest BCUT2D eigenvalue weighted by molar-refractivity contribution is -0.138. The SMILES string of the molecule is C[C@H](Oc1ccc(F)cc1Cl)C(=O)N1CCN(c2ccc(F)cc2)CC1. The average molecular weight is 381 g/mol. The van der Waals surface area contributed by atoms with Gasteiger partial charge in [0.25, 0.3) is 5.91 Å². The minimum Gasteiger partial charge on any atom is -0.479 e. The molecule has 1 atom stereocenters. The Morgan fingerprint density at radius 2 is 1.65 bits per heavy atom. The summed E-state index contributed by atoms with van der Waals surface area (Å²) in [6, 6.07) is 10.1. The Kier molecular flexibility index (Phi) is 5.61. The average Bonchev–Trinajstić information content (AvgIpc) is 2.64. The maximum absolute atomic E-state index is 13.1. The number of halogens is 3. The number of rotatable bonds is 4. The van der Waals surface area contributed by atoms with Crippen LogP contribution in [-0.4, -0.2) is 43.1 Å². The highest BCUT2D eigenvalue weighted by Crippen LogP contribution is 2.26. The van der Waals surface area contributed by atoms with E-state index in [1.54, 1.807) is 24.0 Å². The molecule has 138 valence electrons. The van der Waals surface area contributed by atoms with Gasteiger partial charge in [0.05, 0.1) is 5.02 Å². The lowest BCUT2D eigenvalue weighted by atomic mass is 10.2. The number of carbonyl (C=O) groups is 1. The van der Waals surface area contributed by atoms with E-state index in [-0.39, 0.29) is 22.5 Å². The second kappa shape index (κ2) is 7.91. The number of piperazine rings is 1. The van der Waals surface area contributed by atoms with Gasteiger partial charge in [0.2, 0.25) is 0 Å². The van der Waals surface area contributed by atoms with Gasteiger partial charge in [-0.1, -0.05) is 11.6 Å². The molecule has 0 N–H and O–H groups in total. The van der Waals surface area contributed by atoms with Gasteiger partial charge in [-0.3, -0.25) is 4.79 Å². The van der Waals surface area contributed by atoms with Crippen LogP contribution in [0.2, 0.25) is 5.02 Å². The van der Waals surface area contributed by atoms with Crippen LogP contribution in [0.15, 0.2) is 42.5 Å². The molecule has 0 saturated carbocycles. The van der Waals surface area contributed by atoms with Crippen molar-refractivity contribution in [1.29, 1.82) is 0 Å². The first-order valence-corrected chi connectivity index (χ1v) is 8.73. The van der Waals surface area contributed by atoms with Crippen LogP contribution < -0.4 is 9.64 Å². The van der Waals surface area contributed by atoms with E-state index in [1.807, 2.05) is 0 Å². The van der Waals surface area contributed by atoms with E-state index in [1.165, 1.54) is 24.3 Å². The molecule has 2 aromatic carbocycles. The van der Waals surface area contributed by atoms with Crippen molar-refractivity contribution in [3.8, 4) is 5.75 Å². The first-order chi connectivity index (χ1) is 12.4. The van der Waals surface area contributed by atoms with Gasteiger partial charge in [-0.2, -0.15) is 0 Å². The maximum atomic E-state index is 13.1. The van der Waals surface area contributed by atoms with Crippen LogP contribution in [0.4, 0.5) is 14.5 Å². The molecular formula is C19H19ClF2N2O2. The molecule has 1 aliphatic rings. The Bertz CT molecular complexity index is 778. The van der Waals surface area contributed by atoms with Crippen LogP contribution in [0.1, 0.15) is 6.92 Å². The van der Waals surface area contributed by atoms with Gasteiger partial charge in [0, 0.05) is 31.9 Å². The number of anilines is 1. The highest BCUT2D eigenvalue weighted by atomic mass is 35.5.